The molecule has 0 saturated heterocycles. The van der Waals surface area contributed by atoms with Crippen LogP contribution in [-0.4, -0.2) is 21.5 Å². The molecule has 7 heteroatoms. The molecule has 1 saturated carbocycles. The second-order valence-corrected chi connectivity index (χ2v) is 8.56. The number of allylic oxidation sites excluding steroid dienone is 1. The number of hydrogen-bond donors (Lipinski definition) is 0. The summed E-state index contributed by atoms with van der Waals surface area (Å²) in [5.41, 5.74) is -1.40. The predicted molar refractivity (Wildman–Crippen MR) is 105 cm³/mol. The van der Waals surface area contributed by atoms with Crippen LogP contribution in [0, 0.1) is 20.9 Å². The van der Waals surface area contributed by atoms with E-state index in [0.29, 0.717) is 17.7 Å². The summed E-state index contributed by atoms with van der Waals surface area (Å²) in [6, 6.07) is 9.86. The van der Waals surface area contributed by atoms with E-state index >= 15 is 0 Å². The molecular formula is C22H22N2O5. The third-order valence-corrected chi connectivity index (χ3v) is 5.90. The van der Waals surface area contributed by atoms with E-state index < -0.39 is 16.3 Å². The Morgan fingerprint density at radius 1 is 1.21 bits per heavy atom. The van der Waals surface area contributed by atoms with Gasteiger partial charge in [-0.2, -0.15) is 0 Å². The Bertz CT molecular complexity index is 1010. The molecule has 1 aromatic heterocycles. The first-order valence-corrected chi connectivity index (χ1v) is 9.53. The third kappa shape index (κ3) is 3.06. The van der Waals surface area contributed by atoms with E-state index in [1.807, 2.05) is 13.8 Å². The molecule has 4 rings (SSSR count). The molecule has 1 spiro atoms. The largest absolute Gasteiger partial charge is 0.467 e. The number of para-hydroxylation sites is 1. The highest BCUT2D eigenvalue weighted by atomic mass is 16.6. The van der Waals surface area contributed by atoms with E-state index in [9.17, 15) is 19.7 Å². The molecular weight excluding hydrogens is 372 g/mol. The molecule has 2 atom stereocenters. The Hall–Kier alpha value is -3.22. The van der Waals surface area contributed by atoms with Crippen LogP contribution in [0.5, 0.6) is 0 Å². The van der Waals surface area contributed by atoms with Gasteiger partial charge in [0.25, 0.3) is 5.69 Å². The number of benzene rings is 1. The second kappa shape index (κ2) is 6.69. The average molecular weight is 394 g/mol. The number of hydrogen-bond acceptors (Lipinski definition) is 5. The van der Waals surface area contributed by atoms with Crippen LogP contribution in [0.15, 0.2) is 59.4 Å². The lowest BCUT2D eigenvalue weighted by Gasteiger charge is -2.40. The van der Waals surface area contributed by atoms with Crippen molar-refractivity contribution in [3.63, 3.8) is 0 Å². The van der Waals surface area contributed by atoms with Gasteiger partial charge in [0.05, 0.1) is 17.7 Å². The number of carbonyl (C=O) groups excluding carboxylic acids is 2. The average Bonchev–Trinajstić information content (AvgIpc) is 3.25. The summed E-state index contributed by atoms with van der Waals surface area (Å²) in [7, 11) is 0. The molecule has 0 N–H and O–H groups in total. The van der Waals surface area contributed by atoms with E-state index in [1.165, 1.54) is 17.2 Å². The molecule has 0 bridgehead atoms. The van der Waals surface area contributed by atoms with Crippen LogP contribution in [-0.2, 0) is 16.1 Å². The van der Waals surface area contributed by atoms with Crippen LogP contribution < -0.4 is 0 Å². The fourth-order valence-corrected chi connectivity index (χ4v) is 4.78. The fourth-order valence-electron chi connectivity index (χ4n) is 4.78. The van der Waals surface area contributed by atoms with Crippen LogP contribution in [0.1, 0.15) is 43.9 Å². The Balaban J connectivity index is 1.85. The van der Waals surface area contributed by atoms with Crippen molar-refractivity contribution in [2.45, 2.75) is 39.2 Å². The molecule has 7 nitrogen and oxygen atoms in total. The number of carbonyl (C=O) groups is 2. The fraction of sp³-hybridized carbons (Fsp3) is 0.364. The van der Waals surface area contributed by atoms with Gasteiger partial charge in [-0.1, -0.05) is 38.1 Å². The first-order chi connectivity index (χ1) is 13.7. The minimum atomic E-state index is -1.35. The number of nitro benzene ring substituents is 1. The van der Waals surface area contributed by atoms with Gasteiger partial charge in [-0.25, -0.2) is 0 Å². The topological polar surface area (TPSA) is 93.7 Å². The number of nitro groups is 1. The quantitative estimate of drug-likeness (QED) is 0.440. The summed E-state index contributed by atoms with van der Waals surface area (Å²) < 4.78 is 5.36. The smallest absolute Gasteiger partial charge is 0.273 e. The maximum atomic E-state index is 13.7. The van der Waals surface area contributed by atoms with E-state index in [2.05, 4.69) is 0 Å². The first-order valence-electron chi connectivity index (χ1n) is 9.53. The number of rotatable bonds is 4. The summed E-state index contributed by atoms with van der Waals surface area (Å²) in [6.07, 6.45) is 5.51. The molecule has 0 radical (unpaired) electrons. The molecule has 2 aromatic rings. The van der Waals surface area contributed by atoms with Crippen LogP contribution in [0.25, 0.3) is 0 Å². The first kappa shape index (κ1) is 19.1. The maximum Gasteiger partial charge on any atom is 0.273 e. The number of amides is 1. The van der Waals surface area contributed by atoms with E-state index in [0.717, 1.165) is 0 Å². The number of furan rings is 1. The molecule has 1 aliphatic heterocycles. The van der Waals surface area contributed by atoms with E-state index in [1.54, 1.807) is 42.6 Å². The summed E-state index contributed by atoms with van der Waals surface area (Å²) >= 11 is 0. The molecule has 1 aliphatic carbocycles. The number of nitrogens with zero attached hydrogens (tertiary/aromatic N) is 2. The zero-order chi connectivity index (χ0) is 20.8. The van der Waals surface area contributed by atoms with Gasteiger partial charge in [0.1, 0.15) is 17.0 Å². The van der Waals surface area contributed by atoms with Crippen molar-refractivity contribution in [2.24, 2.45) is 10.8 Å². The molecule has 1 fully saturated rings. The lowest BCUT2D eigenvalue weighted by Crippen LogP contribution is -2.50. The van der Waals surface area contributed by atoms with Crippen LogP contribution in [0.4, 0.5) is 5.69 Å². The van der Waals surface area contributed by atoms with Crippen molar-refractivity contribution in [1.29, 1.82) is 0 Å². The Kier molecular flexibility index (Phi) is 4.41. The highest BCUT2D eigenvalue weighted by Crippen LogP contribution is 2.57. The summed E-state index contributed by atoms with van der Waals surface area (Å²) in [4.78, 5) is 39.7. The molecule has 150 valence electrons. The molecule has 0 unspecified atom stereocenters. The van der Waals surface area contributed by atoms with Gasteiger partial charge in [0.2, 0.25) is 5.91 Å². The van der Waals surface area contributed by atoms with Crippen molar-refractivity contribution in [3.05, 3.63) is 76.4 Å². The zero-order valence-electron chi connectivity index (χ0n) is 16.3. The van der Waals surface area contributed by atoms with Crippen molar-refractivity contribution < 1.29 is 18.9 Å². The SMILES string of the molecule is CC1(C)CC(=O)[C@]2(C1)C(=O)N(Cc1ccco1)C=C[C@@H]2c1ccccc1[N+](=O)[O-]. The Morgan fingerprint density at radius 2 is 1.97 bits per heavy atom. The molecule has 1 amide bonds. The van der Waals surface area contributed by atoms with Crippen molar-refractivity contribution in [3.8, 4) is 0 Å². The predicted octanol–water partition coefficient (Wildman–Crippen LogP) is 4.20. The second-order valence-electron chi connectivity index (χ2n) is 8.56. The lowest BCUT2D eigenvalue weighted by molar-refractivity contribution is -0.385. The summed E-state index contributed by atoms with van der Waals surface area (Å²) in [6.45, 7) is 4.12. The van der Waals surface area contributed by atoms with E-state index in [4.69, 9.17) is 4.42 Å². The van der Waals surface area contributed by atoms with Gasteiger partial charge in [0.15, 0.2) is 0 Å². The van der Waals surface area contributed by atoms with Crippen LogP contribution in [0.3, 0.4) is 0 Å². The summed E-state index contributed by atoms with van der Waals surface area (Å²) in [5.74, 6) is -0.565. The van der Waals surface area contributed by atoms with Crippen LogP contribution >= 0.6 is 0 Å². The van der Waals surface area contributed by atoms with Crippen molar-refractivity contribution >= 4 is 17.4 Å². The lowest BCUT2D eigenvalue weighted by atomic mass is 9.66. The highest BCUT2D eigenvalue weighted by Gasteiger charge is 2.62. The van der Waals surface area contributed by atoms with Gasteiger partial charge < -0.3 is 9.32 Å². The van der Waals surface area contributed by atoms with Crippen molar-refractivity contribution in [1.82, 2.24) is 4.90 Å². The van der Waals surface area contributed by atoms with Crippen LogP contribution in [0.2, 0.25) is 0 Å². The van der Waals surface area contributed by atoms with Gasteiger partial charge in [-0.15, -0.1) is 0 Å². The van der Waals surface area contributed by atoms with Gasteiger partial charge in [0, 0.05) is 30.2 Å². The van der Waals surface area contributed by atoms with E-state index in [-0.39, 0.29) is 35.8 Å². The molecule has 1 aromatic carbocycles. The van der Waals surface area contributed by atoms with Gasteiger partial charge >= 0.3 is 0 Å². The standard InChI is InChI=1S/C22H22N2O5/c1-21(2)12-19(25)22(14-21)17(16-7-3-4-8-18(16)24(27)28)9-10-23(20(22)26)13-15-6-5-11-29-15/h3-11,17H,12-14H2,1-2H3/t17-,22-/m1/s1. The maximum absolute atomic E-state index is 13.7. The Morgan fingerprint density at radius 3 is 2.59 bits per heavy atom. The summed E-state index contributed by atoms with van der Waals surface area (Å²) in [5, 5.41) is 11.6. The number of Topliss-reactive ketones (excluding diaryl/α,β-unsaturated/α-hetero) is 1. The van der Waals surface area contributed by atoms with Crippen molar-refractivity contribution in [2.75, 3.05) is 0 Å². The van der Waals surface area contributed by atoms with Gasteiger partial charge in [-0.05, 0) is 24.0 Å². The third-order valence-electron chi connectivity index (χ3n) is 5.90. The normalized spacial score (nSPS) is 25.7. The number of ketones is 1. The minimum absolute atomic E-state index is 0.0775. The monoisotopic (exact) mass is 394 g/mol. The molecule has 2 aliphatic rings. The zero-order valence-corrected chi connectivity index (χ0v) is 16.3. The van der Waals surface area contributed by atoms with Gasteiger partial charge in [-0.3, -0.25) is 19.7 Å². The highest BCUT2D eigenvalue weighted by molar-refractivity contribution is 6.10. The molecule has 2 heterocycles. The Labute approximate surface area is 168 Å². The molecule has 29 heavy (non-hydrogen) atoms. The minimum Gasteiger partial charge on any atom is -0.467 e.